The number of hydrogen-bond donors (Lipinski definition) is 0. The highest BCUT2D eigenvalue weighted by molar-refractivity contribution is 7.95. The van der Waals surface area contributed by atoms with Crippen molar-refractivity contribution < 1.29 is 4.18 Å². The predicted octanol–water partition coefficient (Wildman–Crippen LogP) is 2.38. The molecule has 0 unspecified atom stereocenters. The van der Waals surface area contributed by atoms with Crippen molar-refractivity contribution in [3.63, 3.8) is 0 Å². The lowest BCUT2D eigenvalue weighted by Crippen LogP contribution is -1.83. The van der Waals surface area contributed by atoms with Gasteiger partial charge in [0.2, 0.25) is 0 Å². The molecule has 1 heterocycles. The summed E-state index contributed by atoms with van der Waals surface area (Å²) in [6.45, 7) is 0. The predicted molar refractivity (Wildman–Crippen MR) is 41.5 cm³/mol. The van der Waals surface area contributed by atoms with Crippen molar-refractivity contribution in [2.45, 2.75) is 4.90 Å². The number of para-hydroxylation sites is 1. The molecule has 0 radical (unpaired) electrons. The fourth-order valence-corrected chi connectivity index (χ4v) is 1.32. The van der Waals surface area contributed by atoms with Gasteiger partial charge in [-0.25, -0.2) is 4.99 Å². The van der Waals surface area contributed by atoms with Gasteiger partial charge < -0.3 is 4.18 Å². The molecule has 0 amide bonds. The van der Waals surface area contributed by atoms with Crippen LogP contribution in [-0.2, 0) is 4.18 Å². The third-order valence-corrected chi connectivity index (χ3v) is 1.95. The van der Waals surface area contributed by atoms with Crippen LogP contribution >= 0.6 is 12.0 Å². The molecule has 0 fully saturated rings. The van der Waals surface area contributed by atoms with E-state index in [1.165, 1.54) is 18.4 Å². The molecule has 1 aliphatic heterocycles. The lowest BCUT2D eigenvalue weighted by atomic mass is 10.3. The van der Waals surface area contributed by atoms with Gasteiger partial charge in [-0.15, -0.1) is 0 Å². The number of nitrogens with zero attached hydrogens (tertiary/aromatic N) is 1. The van der Waals surface area contributed by atoms with E-state index in [-0.39, 0.29) is 0 Å². The second-order valence-electron chi connectivity index (χ2n) is 1.88. The van der Waals surface area contributed by atoms with E-state index in [9.17, 15) is 0 Å². The van der Waals surface area contributed by atoms with Crippen LogP contribution in [0.25, 0.3) is 0 Å². The van der Waals surface area contributed by atoms with E-state index in [4.69, 9.17) is 4.18 Å². The van der Waals surface area contributed by atoms with Crippen molar-refractivity contribution in [3.05, 3.63) is 24.3 Å². The molecule has 0 N–H and O–H groups in total. The minimum absolute atomic E-state index is 0.985. The monoisotopic (exact) mass is 151 g/mol. The molecule has 10 heavy (non-hydrogen) atoms. The molecule has 1 aromatic carbocycles. The molecule has 0 bridgehead atoms. The van der Waals surface area contributed by atoms with Crippen LogP contribution in [-0.4, -0.2) is 6.40 Å². The van der Waals surface area contributed by atoms with Gasteiger partial charge in [0.25, 0.3) is 0 Å². The first-order valence-corrected chi connectivity index (χ1v) is 3.66. The SMILES string of the molecule is C1=Nc2ccccc2SO1. The number of hydrogen-bond acceptors (Lipinski definition) is 3. The molecule has 0 spiro atoms. The lowest BCUT2D eigenvalue weighted by molar-refractivity contribution is 0.667. The minimum atomic E-state index is 0.985. The molecule has 3 heteroatoms. The van der Waals surface area contributed by atoms with Gasteiger partial charge in [-0.2, -0.15) is 0 Å². The molecular formula is C7H5NOS. The molecular weight excluding hydrogens is 146 g/mol. The van der Waals surface area contributed by atoms with Crippen LogP contribution in [0.2, 0.25) is 0 Å². The summed E-state index contributed by atoms with van der Waals surface area (Å²) in [6.07, 6.45) is 1.45. The average Bonchev–Trinajstić information content (AvgIpc) is 2.05. The van der Waals surface area contributed by atoms with E-state index in [1.54, 1.807) is 0 Å². The van der Waals surface area contributed by atoms with Gasteiger partial charge in [0.15, 0.2) is 6.40 Å². The molecule has 0 saturated carbocycles. The van der Waals surface area contributed by atoms with Crippen LogP contribution in [0.4, 0.5) is 5.69 Å². The molecule has 2 rings (SSSR count). The van der Waals surface area contributed by atoms with Crippen LogP contribution in [0.5, 0.6) is 0 Å². The fraction of sp³-hybridized carbons (Fsp3) is 0. The zero-order valence-electron chi connectivity index (χ0n) is 5.15. The molecule has 0 atom stereocenters. The number of fused-ring (bicyclic) bond motifs is 1. The largest absolute Gasteiger partial charge is 0.408 e. The lowest BCUT2D eigenvalue weighted by Gasteiger charge is -2.06. The Morgan fingerprint density at radius 1 is 1.30 bits per heavy atom. The van der Waals surface area contributed by atoms with E-state index in [0.717, 1.165) is 10.6 Å². The van der Waals surface area contributed by atoms with E-state index < -0.39 is 0 Å². The molecule has 2 nitrogen and oxygen atoms in total. The number of benzene rings is 1. The first-order valence-electron chi connectivity index (χ1n) is 2.92. The summed E-state index contributed by atoms with van der Waals surface area (Å²) in [4.78, 5) is 5.10. The smallest absolute Gasteiger partial charge is 0.192 e. The van der Waals surface area contributed by atoms with E-state index in [2.05, 4.69) is 4.99 Å². The van der Waals surface area contributed by atoms with Crippen molar-refractivity contribution in [3.8, 4) is 0 Å². The van der Waals surface area contributed by atoms with Crippen LogP contribution < -0.4 is 0 Å². The quantitative estimate of drug-likeness (QED) is 0.531. The Hall–Kier alpha value is -0.960. The van der Waals surface area contributed by atoms with Gasteiger partial charge >= 0.3 is 0 Å². The van der Waals surface area contributed by atoms with Gasteiger partial charge in [-0.05, 0) is 12.1 Å². The Morgan fingerprint density at radius 2 is 2.20 bits per heavy atom. The van der Waals surface area contributed by atoms with Crippen LogP contribution in [0, 0.1) is 0 Å². The van der Waals surface area contributed by atoms with Crippen molar-refractivity contribution in [2.75, 3.05) is 0 Å². The summed E-state index contributed by atoms with van der Waals surface area (Å²) in [5, 5.41) is 0. The highest BCUT2D eigenvalue weighted by atomic mass is 32.2. The Balaban J connectivity index is 2.54. The van der Waals surface area contributed by atoms with Crippen molar-refractivity contribution in [2.24, 2.45) is 4.99 Å². The number of rotatable bonds is 0. The van der Waals surface area contributed by atoms with E-state index in [0.29, 0.717) is 0 Å². The Kier molecular flexibility index (Phi) is 1.36. The summed E-state index contributed by atoms with van der Waals surface area (Å²) >= 11 is 1.34. The summed E-state index contributed by atoms with van der Waals surface area (Å²) in [6, 6.07) is 7.87. The molecule has 1 aliphatic rings. The van der Waals surface area contributed by atoms with E-state index in [1.807, 2.05) is 24.3 Å². The third-order valence-electron chi connectivity index (χ3n) is 1.24. The second-order valence-corrected chi connectivity index (χ2v) is 2.68. The fourth-order valence-electron chi connectivity index (χ4n) is 0.786. The van der Waals surface area contributed by atoms with Crippen molar-refractivity contribution in [1.82, 2.24) is 0 Å². The summed E-state index contributed by atoms with van der Waals surface area (Å²) in [7, 11) is 0. The van der Waals surface area contributed by atoms with Crippen LogP contribution in [0.15, 0.2) is 34.2 Å². The molecule has 0 aliphatic carbocycles. The topological polar surface area (TPSA) is 21.6 Å². The van der Waals surface area contributed by atoms with Gasteiger partial charge in [0.05, 0.1) is 22.6 Å². The molecule has 0 aromatic heterocycles. The van der Waals surface area contributed by atoms with Gasteiger partial charge in [-0.1, -0.05) is 12.1 Å². The third kappa shape index (κ3) is 0.885. The Labute approximate surface area is 63.1 Å². The maximum absolute atomic E-state index is 4.92. The first-order chi connectivity index (χ1) is 4.97. The zero-order chi connectivity index (χ0) is 6.81. The molecule has 1 aromatic rings. The highest BCUT2D eigenvalue weighted by Crippen LogP contribution is 2.32. The van der Waals surface area contributed by atoms with Gasteiger partial charge in [-0.3, -0.25) is 0 Å². The minimum Gasteiger partial charge on any atom is -0.408 e. The van der Waals surface area contributed by atoms with Gasteiger partial charge in [0.1, 0.15) is 0 Å². The van der Waals surface area contributed by atoms with E-state index >= 15 is 0 Å². The van der Waals surface area contributed by atoms with Crippen LogP contribution in [0.1, 0.15) is 0 Å². The van der Waals surface area contributed by atoms with Crippen LogP contribution in [0.3, 0.4) is 0 Å². The first kappa shape index (κ1) is 5.80. The van der Waals surface area contributed by atoms with Crippen molar-refractivity contribution >= 4 is 24.1 Å². The average molecular weight is 151 g/mol. The summed E-state index contributed by atoms with van der Waals surface area (Å²) in [5.74, 6) is 0. The zero-order valence-corrected chi connectivity index (χ0v) is 5.97. The molecule has 50 valence electrons. The second kappa shape index (κ2) is 2.34. The maximum Gasteiger partial charge on any atom is 0.192 e. The molecule has 0 saturated heterocycles. The summed E-state index contributed by atoms with van der Waals surface area (Å²) < 4.78 is 4.92. The maximum atomic E-state index is 4.92. The Bertz CT molecular complexity index is 272. The standard InChI is InChI=1S/C7H5NOS/c1-2-4-7-6(3-1)8-5-9-10-7/h1-5H. The highest BCUT2D eigenvalue weighted by Gasteiger charge is 2.04. The summed E-state index contributed by atoms with van der Waals surface area (Å²) in [5.41, 5.74) is 0.985. The Morgan fingerprint density at radius 3 is 3.10 bits per heavy atom. The van der Waals surface area contributed by atoms with Crippen molar-refractivity contribution in [1.29, 1.82) is 0 Å². The van der Waals surface area contributed by atoms with Gasteiger partial charge in [0, 0.05) is 0 Å². The normalized spacial score (nSPS) is 14.0. The number of aliphatic imine (C=N–C) groups is 1.